The normalized spacial score (nSPS) is 16.9. The molecular weight excluding hydrogens is 493 g/mol. The molecule has 7 nitrogen and oxygen atoms in total. The van der Waals surface area contributed by atoms with E-state index in [1.807, 2.05) is 6.92 Å². The number of ether oxygens (including phenoxy) is 1. The van der Waals surface area contributed by atoms with Gasteiger partial charge in [-0.3, -0.25) is 4.99 Å². The second kappa shape index (κ2) is 11.0. The maximum Gasteiger partial charge on any atom is 0.387 e. The van der Waals surface area contributed by atoms with Crippen molar-refractivity contribution < 1.29 is 21.9 Å². The molecule has 1 heterocycles. The number of benzene rings is 1. The molecular formula is C16H25F2IN4O3S. The number of guanidine groups is 1. The summed E-state index contributed by atoms with van der Waals surface area (Å²) >= 11 is 0. The predicted octanol–water partition coefficient (Wildman–Crippen LogP) is 1.91. The Morgan fingerprint density at radius 3 is 2.70 bits per heavy atom. The predicted molar refractivity (Wildman–Crippen MR) is 111 cm³/mol. The molecule has 1 saturated heterocycles. The van der Waals surface area contributed by atoms with Gasteiger partial charge in [-0.1, -0.05) is 17.7 Å². The molecule has 11 heteroatoms. The number of nitrogens with zero attached hydrogens (tertiary/aromatic N) is 2. The first-order chi connectivity index (χ1) is 12.3. The van der Waals surface area contributed by atoms with E-state index >= 15 is 0 Å². The highest BCUT2D eigenvalue weighted by Gasteiger charge is 2.27. The van der Waals surface area contributed by atoms with Crippen LogP contribution < -0.4 is 15.4 Å². The quantitative estimate of drug-likeness (QED) is 0.328. The fourth-order valence-corrected chi connectivity index (χ4v) is 4.23. The smallest absolute Gasteiger partial charge is 0.387 e. The number of nitrogens with one attached hydrogen (secondary N) is 2. The molecule has 0 radical (unpaired) electrons. The van der Waals surface area contributed by atoms with Crippen LogP contribution in [0.3, 0.4) is 0 Å². The Hall–Kier alpha value is -1.21. The molecule has 2 rings (SSSR count). The zero-order valence-electron chi connectivity index (χ0n) is 15.2. The van der Waals surface area contributed by atoms with Crippen molar-refractivity contribution in [2.24, 2.45) is 4.99 Å². The molecule has 0 saturated carbocycles. The summed E-state index contributed by atoms with van der Waals surface area (Å²) in [6.07, 6.45) is 0.648. The molecule has 0 unspecified atom stereocenters. The molecule has 1 aliphatic heterocycles. The van der Waals surface area contributed by atoms with Crippen molar-refractivity contribution >= 4 is 40.0 Å². The van der Waals surface area contributed by atoms with Crippen molar-refractivity contribution in [2.75, 3.05) is 32.4 Å². The van der Waals surface area contributed by atoms with Crippen molar-refractivity contribution in [1.82, 2.24) is 14.9 Å². The Labute approximate surface area is 175 Å². The molecule has 27 heavy (non-hydrogen) atoms. The third-order valence-corrected chi connectivity index (χ3v) is 5.92. The summed E-state index contributed by atoms with van der Waals surface area (Å²) in [7, 11) is -1.55. The van der Waals surface area contributed by atoms with Gasteiger partial charge in [-0.25, -0.2) is 12.7 Å². The molecule has 0 amide bonds. The molecule has 2 N–H and O–H groups in total. The molecule has 0 spiro atoms. The third-order valence-electron chi connectivity index (χ3n) is 3.96. The first-order valence-corrected chi connectivity index (χ1v) is 9.89. The minimum absolute atomic E-state index is 0. The summed E-state index contributed by atoms with van der Waals surface area (Å²) in [5.41, 5.74) is 1.50. The molecule has 1 aliphatic rings. The van der Waals surface area contributed by atoms with E-state index in [1.54, 1.807) is 19.2 Å². The fraction of sp³-hybridized carbons (Fsp3) is 0.562. The van der Waals surface area contributed by atoms with Crippen molar-refractivity contribution in [3.05, 3.63) is 29.3 Å². The summed E-state index contributed by atoms with van der Waals surface area (Å²) in [5.74, 6) is 0.753. The molecule has 0 atom stereocenters. The van der Waals surface area contributed by atoms with Gasteiger partial charge in [-0.05, 0) is 19.4 Å². The Morgan fingerprint density at radius 2 is 2.11 bits per heavy atom. The van der Waals surface area contributed by atoms with E-state index in [9.17, 15) is 17.2 Å². The average molecular weight is 518 g/mol. The number of hydrogen-bond acceptors (Lipinski definition) is 4. The summed E-state index contributed by atoms with van der Waals surface area (Å²) in [5, 5.41) is 6.04. The van der Waals surface area contributed by atoms with Crippen LogP contribution in [0.5, 0.6) is 5.75 Å². The van der Waals surface area contributed by atoms with Crippen LogP contribution in [0.25, 0.3) is 0 Å². The molecule has 0 aliphatic carbocycles. The molecule has 1 fully saturated rings. The van der Waals surface area contributed by atoms with Gasteiger partial charge in [0.1, 0.15) is 5.75 Å². The maximum atomic E-state index is 12.5. The van der Waals surface area contributed by atoms with Crippen LogP contribution in [0.15, 0.2) is 23.2 Å². The van der Waals surface area contributed by atoms with E-state index in [1.165, 1.54) is 10.4 Å². The Bertz CT molecular complexity index is 747. The van der Waals surface area contributed by atoms with Gasteiger partial charge in [0, 0.05) is 38.8 Å². The number of halogens is 3. The number of hydrogen-bond donors (Lipinski definition) is 2. The first-order valence-electron chi connectivity index (χ1n) is 8.28. The largest absolute Gasteiger partial charge is 0.434 e. The third kappa shape index (κ3) is 7.37. The highest BCUT2D eigenvalue weighted by atomic mass is 127. The molecule has 154 valence electrons. The number of rotatable bonds is 7. The molecule has 1 aromatic carbocycles. The van der Waals surface area contributed by atoms with Crippen molar-refractivity contribution in [1.29, 1.82) is 0 Å². The van der Waals surface area contributed by atoms with Gasteiger partial charge in [0.25, 0.3) is 0 Å². The first kappa shape index (κ1) is 23.8. The zero-order chi connectivity index (χ0) is 19.2. The van der Waals surface area contributed by atoms with Crippen molar-refractivity contribution in [3.63, 3.8) is 0 Å². The minimum Gasteiger partial charge on any atom is -0.434 e. The lowest BCUT2D eigenvalue weighted by Crippen LogP contribution is -2.41. The fourth-order valence-electron chi connectivity index (χ4n) is 2.70. The van der Waals surface area contributed by atoms with Crippen LogP contribution in [-0.2, 0) is 16.6 Å². The SMILES string of the molecule is CN=C(NCCN1CCCS1(=O)=O)NCc1cc(C)ccc1OC(F)F.I. The van der Waals surface area contributed by atoms with Gasteiger partial charge < -0.3 is 15.4 Å². The summed E-state index contributed by atoms with van der Waals surface area (Å²) in [6, 6.07) is 4.96. The van der Waals surface area contributed by atoms with Crippen molar-refractivity contribution in [3.8, 4) is 5.75 Å². The van der Waals surface area contributed by atoms with Gasteiger partial charge in [-0.15, -0.1) is 24.0 Å². The van der Waals surface area contributed by atoms with E-state index in [2.05, 4.69) is 20.4 Å². The Morgan fingerprint density at radius 1 is 1.37 bits per heavy atom. The van der Waals surface area contributed by atoms with Crippen LogP contribution >= 0.6 is 24.0 Å². The van der Waals surface area contributed by atoms with Crippen LogP contribution in [0.1, 0.15) is 17.5 Å². The van der Waals surface area contributed by atoms with E-state index < -0.39 is 16.6 Å². The lowest BCUT2D eigenvalue weighted by molar-refractivity contribution is -0.0504. The van der Waals surface area contributed by atoms with Gasteiger partial charge in [-0.2, -0.15) is 8.78 Å². The number of sulfonamides is 1. The topological polar surface area (TPSA) is 83.0 Å². The highest BCUT2D eigenvalue weighted by Crippen LogP contribution is 2.22. The number of aryl methyl sites for hydroxylation is 1. The van der Waals surface area contributed by atoms with Crippen LogP contribution in [-0.4, -0.2) is 57.7 Å². The van der Waals surface area contributed by atoms with Gasteiger partial charge >= 0.3 is 6.61 Å². The van der Waals surface area contributed by atoms with E-state index in [0.29, 0.717) is 37.6 Å². The molecule has 1 aromatic rings. The van der Waals surface area contributed by atoms with Gasteiger partial charge in [0.2, 0.25) is 10.0 Å². The summed E-state index contributed by atoms with van der Waals surface area (Å²) in [4.78, 5) is 4.05. The molecule has 0 bridgehead atoms. The maximum absolute atomic E-state index is 12.5. The second-order valence-corrected chi connectivity index (χ2v) is 8.00. The Kier molecular flexibility index (Phi) is 9.67. The van der Waals surface area contributed by atoms with Gasteiger partial charge in [0.05, 0.1) is 5.75 Å². The lowest BCUT2D eigenvalue weighted by atomic mass is 10.1. The monoisotopic (exact) mass is 518 g/mol. The van der Waals surface area contributed by atoms with E-state index in [-0.39, 0.29) is 42.0 Å². The Balaban J connectivity index is 0.00000364. The second-order valence-electron chi connectivity index (χ2n) is 5.91. The molecule has 0 aromatic heterocycles. The van der Waals surface area contributed by atoms with Gasteiger partial charge in [0.15, 0.2) is 5.96 Å². The number of aliphatic imine (C=N–C) groups is 1. The van der Waals surface area contributed by atoms with Crippen molar-refractivity contribution in [2.45, 2.75) is 26.5 Å². The van der Waals surface area contributed by atoms with Crippen LogP contribution in [0.2, 0.25) is 0 Å². The van der Waals surface area contributed by atoms with E-state index in [0.717, 1.165) is 5.56 Å². The standard InChI is InChI=1S/C16H24F2N4O3S.HI/c1-12-4-5-14(25-15(17)18)13(10-12)11-21-16(19-2)20-6-8-22-7-3-9-26(22,23)24;/h4-5,10,15H,3,6-9,11H2,1-2H3,(H2,19,20,21);1H. The summed E-state index contributed by atoms with van der Waals surface area (Å²) < 4.78 is 54.5. The average Bonchev–Trinajstić information content (AvgIpc) is 2.91. The number of alkyl halides is 2. The lowest BCUT2D eigenvalue weighted by Gasteiger charge is -2.17. The zero-order valence-corrected chi connectivity index (χ0v) is 18.4. The van der Waals surface area contributed by atoms with Crippen LogP contribution in [0, 0.1) is 6.92 Å². The minimum atomic E-state index is -3.12. The van der Waals surface area contributed by atoms with Crippen LogP contribution in [0.4, 0.5) is 8.78 Å². The van der Waals surface area contributed by atoms with E-state index in [4.69, 9.17) is 0 Å². The summed E-state index contributed by atoms with van der Waals surface area (Å²) in [6.45, 7) is 0.495. The highest BCUT2D eigenvalue weighted by molar-refractivity contribution is 14.0.